The third-order valence-electron chi connectivity index (χ3n) is 3.24. The molecule has 2 rings (SSSR count). The second-order valence-corrected chi connectivity index (χ2v) is 5.87. The van der Waals surface area contributed by atoms with Gasteiger partial charge in [0.1, 0.15) is 0 Å². The molecule has 0 aromatic carbocycles. The van der Waals surface area contributed by atoms with Crippen molar-refractivity contribution in [2.75, 3.05) is 0 Å². The van der Waals surface area contributed by atoms with Crippen molar-refractivity contribution in [3.8, 4) is 0 Å². The molecule has 0 unspecified atom stereocenters. The molecule has 1 fully saturated rings. The molecule has 18 heavy (non-hydrogen) atoms. The van der Waals surface area contributed by atoms with Crippen LogP contribution in [0.5, 0.6) is 0 Å². The first kappa shape index (κ1) is 13.1. The van der Waals surface area contributed by atoms with Gasteiger partial charge >= 0.3 is 5.97 Å². The van der Waals surface area contributed by atoms with Crippen molar-refractivity contribution in [1.29, 1.82) is 0 Å². The lowest BCUT2D eigenvalue weighted by molar-refractivity contribution is -0.137. The lowest BCUT2D eigenvalue weighted by Gasteiger charge is -2.11. The van der Waals surface area contributed by atoms with Gasteiger partial charge in [0.2, 0.25) is 5.91 Å². The largest absolute Gasteiger partial charge is 0.481 e. The Kier molecular flexibility index (Phi) is 3.71. The van der Waals surface area contributed by atoms with E-state index in [1.165, 1.54) is 10.4 Å². The van der Waals surface area contributed by atoms with Crippen molar-refractivity contribution < 1.29 is 14.7 Å². The Hall–Kier alpha value is -1.36. The first-order chi connectivity index (χ1) is 8.49. The Bertz CT molecular complexity index is 469. The number of hydrogen-bond acceptors (Lipinski definition) is 3. The molecule has 1 aromatic rings. The lowest BCUT2D eigenvalue weighted by atomic mass is 10.2. The van der Waals surface area contributed by atoms with Crippen LogP contribution in [-0.2, 0) is 9.59 Å². The second-order valence-electron chi connectivity index (χ2n) is 4.92. The van der Waals surface area contributed by atoms with E-state index in [2.05, 4.69) is 18.3 Å². The van der Waals surface area contributed by atoms with E-state index in [4.69, 9.17) is 5.11 Å². The molecule has 0 spiro atoms. The van der Waals surface area contributed by atoms with Crippen LogP contribution in [-0.4, -0.2) is 23.0 Å². The highest BCUT2D eigenvalue weighted by molar-refractivity contribution is 7.10. The van der Waals surface area contributed by atoms with Crippen molar-refractivity contribution in [3.05, 3.63) is 21.9 Å². The second kappa shape index (κ2) is 5.10. The van der Waals surface area contributed by atoms with Gasteiger partial charge < -0.3 is 10.4 Å². The molecule has 1 aromatic heterocycles. The van der Waals surface area contributed by atoms with Gasteiger partial charge in [0.15, 0.2) is 0 Å². The third-order valence-corrected chi connectivity index (χ3v) is 4.39. The van der Waals surface area contributed by atoms with Gasteiger partial charge in [0, 0.05) is 22.8 Å². The molecule has 0 saturated heterocycles. The molecule has 0 aliphatic heterocycles. The summed E-state index contributed by atoms with van der Waals surface area (Å²) in [5, 5.41) is 13.5. The van der Waals surface area contributed by atoms with Crippen LogP contribution in [0.3, 0.4) is 0 Å². The van der Waals surface area contributed by atoms with Gasteiger partial charge in [-0.25, -0.2) is 0 Å². The minimum absolute atomic E-state index is 0.0125. The molecular weight excluding hydrogens is 250 g/mol. The van der Waals surface area contributed by atoms with Gasteiger partial charge in [-0.05, 0) is 37.3 Å². The number of carboxylic acids is 1. The summed E-state index contributed by atoms with van der Waals surface area (Å²) in [5.74, 6) is -0.536. The zero-order valence-electron chi connectivity index (χ0n) is 10.5. The number of amides is 1. The van der Waals surface area contributed by atoms with Gasteiger partial charge in [-0.1, -0.05) is 0 Å². The molecule has 5 heteroatoms. The minimum Gasteiger partial charge on any atom is -0.481 e. The van der Waals surface area contributed by atoms with Gasteiger partial charge in [0.05, 0.1) is 6.42 Å². The van der Waals surface area contributed by atoms with Crippen LogP contribution in [0, 0.1) is 12.8 Å². The standard InChI is InChI=1S/C13H17NO3S/c1-7-3-4-18-12(7)9-6-10(9)13(17)14-8(2)5-11(15)16/h3-4,8-10H,5-6H2,1-2H3,(H,14,17)(H,15,16)/t8-,9-,10+/m1/s1. The number of carbonyl (C=O) groups excluding carboxylic acids is 1. The summed E-state index contributed by atoms with van der Waals surface area (Å²) in [6.45, 7) is 3.78. The normalized spacial score (nSPS) is 23.4. The van der Waals surface area contributed by atoms with Crippen LogP contribution in [0.25, 0.3) is 0 Å². The Morgan fingerprint density at radius 3 is 2.89 bits per heavy atom. The summed E-state index contributed by atoms with van der Waals surface area (Å²) in [7, 11) is 0. The van der Waals surface area contributed by atoms with Crippen LogP contribution in [0.4, 0.5) is 0 Å². The van der Waals surface area contributed by atoms with Crippen molar-refractivity contribution in [3.63, 3.8) is 0 Å². The number of rotatable bonds is 5. The van der Waals surface area contributed by atoms with Gasteiger partial charge in [0.25, 0.3) is 0 Å². The van der Waals surface area contributed by atoms with E-state index in [0.717, 1.165) is 6.42 Å². The fourth-order valence-corrected chi connectivity index (χ4v) is 3.31. The summed E-state index contributed by atoms with van der Waals surface area (Å²) in [6.07, 6.45) is 0.855. The predicted molar refractivity (Wildman–Crippen MR) is 69.8 cm³/mol. The Morgan fingerprint density at radius 1 is 1.61 bits per heavy atom. The molecule has 98 valence electrons. The Morgan fingerprint density at radius 2 is 2.33 bits per heavy atom. The van der Waals surface area contributed by atoms with E-state index >= 15 is 0 Å². The van der Waals surface area contributed by atoms with Crippen LogP contribution in [0.1, 0.15) is 36.1 Å². The molecule has 2 N–H and O–H groups in total. The number of hydrogen-bond donors (Lipinski definition) is 2. The highest BCUT2D eigenvalue weighted by Crippen LogP contribution is 2.50. The van der Waals surface area contributed by atoms with Gasteiger partial charge in [-0.2, -0.15) is 0 Å². The van der Waals surface area contributed by atoms with E-state index in [9.17, 15) is 9.59 Å². The van der Waals surface area contributed by atoms with Crippen LogP contribution < -0.4 is 5.32 Å². The van der Waals surface area contributed by atoms with Crippen LogP contribution in [0.2, 0.25) is 0 Å². The topological polar surface area (TPSA) is 66.4 Å². The quantitative estimate of drug-likeness (QED) is 0.859. The molecule has 3 atom stereocenters. The molecule has 1 aliphatic rings. The van der Waals surface area contributed by atoms with E-state index in [0.29, 0.717) is 5.92 Å². The number of aryl methyl sites for hydroxylation is 1. The van der Waals surface area contributed by atoms with E-state index in [1.54, 1.807) is 18.3 Å². The summed E-state index contributed by atoms with van der Waals surface area (Å²) in [5.41, 5.74) is 1.25. The molecule has 1 aliphatic carbocycles. The molecule has 0 bridgehead atoms. The highest BCUT2D eigenvalue weighted by Gasteiger charge is 2.45. The molecule has 0 radical (unpaired) electrons. The first-order valence-corrected chi connectivity index (χ1v) is 6.93. The highest BCUT2D eigenvalue weighted by atomic mass is 32.1. The number of carboxylic acid groups (broad SMARTS) is 1. The number of nitrogens with one attached hydrogen (secondary N) is 1. The van der Waals surface area contributed by atoms with E-state index in [-0.39, 0.29) is 24.3 Å². The van der Waals surface area contributed by atoms with Crippen molar-refractivity contribution in [2.45, 2.75) is 38.6 Å². The minimum atomic E-state index is -0.885. The third kappa shape index (κ3) is 2.90. The molecular formula is C13H17NO3S. The number of carbonyl (C=O) groups is 2. The molecule has 4 nitrogen and oxygen atoms in total. The lowest BCUT2D eigenvalue weighted by Crippen LogP contribution is -2.35. The summed E-state index contributed by atoms with van der Waals surface area (Å²) in [6, 6.07) is 1.76. The van der Waals surface area contributed by atoms with Crippen molar-refractivity contribution in [1.82, 2.24) is 5.32 Å². The van der Waals surface area contributed by atoms with Crippen LogP contribution in [0.15, 0.2) is 11.4 Å². The average Bonchev–Trinajstić information content (AvgIpc) is 2.93. The summed E-state index contributed by atoms with van der Waals surface area (Å²) in [4.78, 5) is 23.7. The van der Waals surface area contributed by atoms with Gasteiger partial charge in [-0.3, -0.25) is 9.59 Å². The molecule has 1 amide bonds. The van der Waals surface area contributed by atoms with Gasteiger partial charge in [-0.15, -0.1) is 11.3 Å². The zero-order valence-corrected chi connectivity index (χ0v) is 11.3. The fraction of sp³-hybridized carbons (Fsp3) is 0.538. The summed E-state index contributed by atoms with van der Waals surface area (Å²) < 4.78 is 0. The maximum atomic E-state index is 11.9. The zero-order chi connectivity index (χ0) is 13.3. The molecule has 1 saturated carbocycles. The monoisotopic (exact) mass is 267 g/mol. The van der Waals surface area contributed by atoms with E-state index < -0.39 is 5.97 Å². The fourth-order valence-electron chi connectivity index (χ4n) is 2.20. The SMILES string of the molecule is Cc1ccsc1[C@@H]1C[C@@H]1C(=O)N[C@H](C)CC(=O)O. The number of thiophene rings is 1. The maximum Gasteiger partial charge on any atom is 0.305 e. The first-order valence-electron chi connectivity index (χ1n) is 6.05. The predicted octanol–water partition coefficient (Wildman–Crippen LogP) is 2.14. The maximum absolute atomic E-state index is 11.9. The van der Waals surface area contributed by atoms with E-state index in [1.807, 2.05) is 5.38 Å². The smallest absolute Gasteiger partial charge is 0.305 e. The van der Waals surface area contributed by atoms with Crippen molar-refractivity contribution in [2.24, 2.45) is 5.92 Å². The molecule has 1 heterocycles. The summed E-state index contributed by atoms with van der Waals surface area (Å²) >= 11 is 1.70. The Balaban J connectivity index is 1.86. The Labute approximate surface area is 110 Å². The number of aliphatic carboxylic acids is 1. The van der Waals surface area contributed by atoms with Crippen molar-refractivity contribution >= 4 is 23.2 Å². The van der Waals surface area contributed by atoms with Crippen LogP contribution >= 0.6 is 11.3 Å². The average molecular weight is 267 g/mol.